The molecule has 2 atom stereocenters. The van der Waals surface area contributed by atoms with Crippen LogP contribution in [0.2, 0.25) is 0 Å². The first kappa shape index (κ1) is 19.1. The molecule has 4 heteroatoms. The van der Waals surface area contributed by atoms with Gasteiger partial charge in [0.2, 0.25) is 0 Å². The normalized spacial score (nSPS) is 21.5. The summed E-state index contributed by atoms with van der Waals surface area (Å²) in [6.07, 6.45) is 10.2. The van der Waals surface area contributed by atoms with Gasteiger partial charge in [-0.05, 0) is 88.6 Å². The second kappa shape index (κ2) is 8.04. The zero-order valence-electron chi connectivity index (χ0n) is 17.5. The van der Waals surface area contributed by atoms with Crippen LogP contribution in [0.25, 0.3) is 5.69 Å². The van der Waals surface area contributed by atoms with Gasteiger partial charge in [0.05, 0.1) is 11.7 Å². The van der Waals surface area contributed by atoms with Crippen LogP contribution in [-0.4, -0.2) is 32.8 Å². The Morgan fingerprint density at radius 1 is 1.18 bits per heavy atom. The molecule has 0 spiro atoms. The van der Waals surface area contributed by atoms with Gasteiger partial charge >= 0.3 is 0 Å². The molecule has 0 N–H and O–H groups in total. The largest absolute Gasteiger partial charge is 0.290 e. The highest BCUT2D eigenvalue weighted by atomic mass is 15.4. The topological polar surface area (TPSA) is 34.0 Å². The van der Waals surface area contributed by atoms with E-state index in [0.717, 1.165) is 31.8 Å². The van der Waals surface area contributed by atoms with E-state index in [1.807, 2.05) is 0 Å². The minimum atomic E-state index is 0.232. The van der Waals surface area contributed by atoms with Crippen LogP contribution in [0.5, 0.6) is 0 Å². The summed E-state index contributed by atoms with van der Waals surface area (Å²) in [7, 11) is 0. The van der Waals surface area contributed by atoms with Gasteiger partial charge in [-0.15, -0.1) is 0 Å². The van der Waals surface area contributed by atoms with Crippen molar-refractivity contribution in [1.29, 1.82) is 0 Å². The van der Waals surface area contributed by atoms with Gasteiger partial charge in [-0.2, -0.15) is 5.10 Å². The van der Waals surface area contributed by atoms with E-state index in [9.17, 15) is 0 Å². The van der Waals surface area contributed by atoms with E-state index in [1.165, 1.54) is 47.2 Å². The maximum atomic E-state index is 4.80. The van der Waals surface area contributed by atoms with Gasteiger partial charge in [-0.1, -0.05) is 36.4 Å². The summed E-state index contributed by atoms with van der Waals surface area (Å²) < 4.78 is 2.10. The Labute approximate surface area is 169 Å². The molecule has 4 rings (SSSR count). The highest BCUT2D eigenvalue weighted by Crippen LogP contribution is 2.39. The highest BCUT2D eigenvalue weighted by molar-refractivity contribution is 5.47. The molecule has 2 aromatic rings. The summed E-state index contributed by atoms with van der Waals surface area (Å²) in [5.41, 5.74) is 6.49. The molecular formula is C24H32N4. The molecule has 4 nitrogen and oxygen atoms in total. The van der Waals surface area contributed by atoms with Gasteiger partial charge in [0.1, 0.15) is 6.33 Å². The Kier molecular flexibility index (Phi) is 5.49. The number of hydrogen-bond acceptors (Lipinski definition) is 3. The maximum Gasteiger partial charge on any atom is 0.153 e. The highest BCUT2D eigenvalue weighted by Gasteiger charge is 2.32. The lowest BCUT2D eigenvalue weighted by atomic mass is 9.83. The van der Waals surface area contributed by atoms with Crippen LogP contribution in [0.3, 0.4) is 0 Å². The molecule has 1 saturated heterocycles. The van der Waals surface area contributed by atoms with E-state index >= 15 is 0 Å². The van der Waals surface area contributed by atoms with Gasteiger partial charge in [0, 0.05) is 0 Å². The maximum absolute atomic E-state index is 4.80. The summed E-state index contributed by atoms with van der Waals surface area (Å²) >= 11 is 0. The summed E-state index contributed by atoms with van der Waals surface area (Å²) in [6, 6.07) is 6.67. The van der Waals surface area contributed by atoms with Gasteiger partial charge in [0.25, 0.3) is 0 Å². The van der Waals surface area contributed by atoms with E-state index in [-0.39, 0.29) is 6.04 Å². The number of allylic oxidation sites excluding steroid dienone is 2. The second-order valence-electron chi connectivity index (χ2n) is 8.51. The molecule has 2 aliphatic rings. The lowest BCUT2D eigenvalue weighted by Gasteiger charge is -2.33. The molecule has 28 heavy (non-hydrogen) atoms. The van der Waals surface area contributed by atoms with Crippen LogP contribution in [0.1, 0.15) is 62.0 Å². The lowest BCUT2D eigenvalue weighted by molar-refractivity contribution is 0.254. The van der Waals surface area contributed by atoms with Crippen molar-refractivity contribution < 1.29 is 0 Å². The fourth-order valence-electron chi connectivity index (χ4n) is 4.86. The molecule has 0 bridgehead atoms. The average molecular weight is 377 g/mol. The Morgan fingerprint density at radius 2 is 1.89 bits per heavy atom. The molecule has 1 fully saturated rings. The summed E-state index contributed by atoms with van der Waals surface area (Å²) in [6.45, 7) is 13.0. The van der Waals surface area contributed by atoms with Crippen molar-refractivity contribution in [1.82, 2.24) is 19.7 Å². The Morgan fingerprint density at radius 3 is 2.50 bits per heavy atom. The second-order valence-corrected chi connectivity index (χ2v) is 8.51. The van der Waals surface area contributed by atoms with Gasteiger partial charge in [0.15, 0.2) is 5.82 Å². The number of aromatic nitrogens is 3. The third-order valence-electron chi connectivity index (χ3n) is 6.47. The van der Waals surface area contributed by atoms with Crippen molar-refractivity contribution in [3.8, 4) is 5.69 Å². The molecule has 0 amide bonds. The molecule has 2 heterocycles. The number of aryl methyl sites for hydroxylation is 2. The lowest BCUT2D eigenvalue weighted by Crippen LogP contribution is -2.31. The predicted octanol–water partition coefficient (Wildman–Crippen LogP) is 5.32. The summed E-state index contributed by atoms with van der Waals surface area (Å²) in [5, 5.41) is 4.68. The number of nitrogens with zero attached hydrogens (tertiary/aromatic N) is 4. The molecule has 1 aromatic carbocycles. The fourth-order valence-corrected chi connectivity index (χ4v) is 4.86. The SMILES string of the molecule is C=C(C)C1CC=C(C(c2ncnn2-c2c(C)cccc2C)N2CCCC2)CC1. The molecular weight excluding hydrogens is 344 g/mol. The van der Waals surface area contributed by atoms with Gasteiger partial charge < -0.3 is 0 Å². The van der Waals surface area contributed by atoms with Crippen molar-refractivity contribution in [3.05, 3.63) is 65.3 Å². The van der Waals surface area contributed by atoms with E-state index in [0.29, 0.717) is 5.92 Å². The molecule has 1 aliphatic carbocycles. The Balaban J connectivity index is 1.76. The van der Waals surface area contributed by atoms with Gasteiger partial charge in [-0.25, -0.2) is 9.67 Å². The van der Waals surface area contributed by atoms with Crippen LogP contribution in [-0.2, 0) is 0 Å². The minimum absolute atomic E-state index is 0.232. The predicted molar refractivity (Wildman–Crippen MR) is 115 cm³/mol. The number of para-hydroxylation sites is 1. The average Bonchev–Trinajstić information content (AvgIpc) is 3.36. The monoisotopic (exact) mass is 376 g/mol. The molecule has 1 aliphatic heterocycles. The Bertz CT molecular complexity index is 866. The molecule has 148 valence electrons. The smallest absolute Gasteiger partial charge is 0.153 e. The van der Waals surface area contributed by atoms with Crippen LogP contribution in [0, 0.1) is 19.8 Å². The van der Waals surface area contributed by atoms with Crippen molar-refractivity contribution in [2.24, 2.45) is 5.92 Å². The molecule has 1 aromatic heterocycles. The first-order chi connectivity index (χ1) is 13.6. The van der Waals surface area contributed by atoms with Gasteiger partial charge in [-0.3, -0.25) is 4.90 Å². The molecule has 0 radical (unpaired) electrons. The quantitative estimate of drug-likeness (QED) is 0.662. The third kappa shape index (κ3) is 3.58. The van der Waals surface area contributed by atoms with Crippen molar-refractivity contribution in [2.75, 3.05) is 13.1 Å². The molecule has 2 unspecified atom stereocenters. The zero-order valence-corrected chi connectivity index (χ0v) is 17.5. The third-order valence-corrected chi connectivity index (χ3v) is 6.47. The molecule has 0 saturated carbocycles. The van der Waals surface area contributed by atoms with Crippen molar-refractivity contribution in [3.63, 3.8) is 0 Å². The number of rotatable bonds is 5. The van der Waals surface area contributed by atoms with E-state index in [2.05, 4.69) is 66.3 Å². The van der Waals surface area contributed by atoms with E-state index < -0.39 is 0 Å². The van der Waals surface area contributed by atoms with Crippen molar-refractivity contribution in [2.45, 2.75) is 58.9 Å². The number of likely N-dealkylation sites (tertiary alicyclic amines) is 1. The first-order valence-corrected chi connectivity index (χ1v) is 10.6. The first-order valence-electron chi connectivity index (χ1n) is 10.6. The summed E-state index contributed by atoms with van der Waals surface area (Å²) in [5.74, 6) is 1.69. The van der Waals surface area contributed by atoms with Crippen LogP contribution < -0.4 is 0 Å². The standard InChI is InChI=1S/C24H32N4/c1-17(2)20-10-12-21(13-11-20)23(27-14-5-6-15-27)24-25-16-26-28(24)22-18(3)8-7-9-19(22)4/h7-9,12,16,20,23H,1,5-6,10-11,13-15H2,2-4H3. The van der Waals surface area contributed by atoms with Crippen molar-refractivity contribution >= 4 is 0 Å². The van der Waals surface area contributed by atoms with Crippen LogP contribution in [0.15, 0.2) is 48.3 Å². The fraction of sp³-hybridized carbons (Fsp3) is 0.500. The summed E-state index contributed by atoms with van der Waals surface area (Å²) in [4.78, 5) is 7.41. The van der Waals surface area contributed by atoms with Crippen LogP contribution in [0.4, 0.5) is 0 Å². The number of hydrogen-bond donors (Lipinski definition) is 0. The van der Waals surface area contributed by atoms with E-state index in [1.54, 1.807) is 6.33 Å². The number of benzene rings is 1. The zero-order chi connectivity index (χ0) is 19.7. The van der Waals surface area contributed by atoms with E-state index in [4.69, 9.17) is 4.98 Å². The Hall–Kier alpha value is -2.20. The minimum Gasteiger partial charge on any atom is -0.290 e. The van der Waals surface area contributed by atoms with Crippen LogP contribution >= 0.6 is 0 Å².